The van der Waals surface area contributed by atoms with Crippen LogP contribution in [-0.4, -0.2) is 24.9 Å². The average Bonchev–Trinajstić information content (AvgIpc) is 2.37. The van der Waals surface area contributed by atoms with Crippen LogP contribution in [0.15, 0.2) is 24.3 Å². The minimum atomic E-state index is -0.0948. The number of amides is 1. The van der Waals surface area contributed by atoms with Crippen molar-refractivity contribution in [1.82, 2.24) is 5.32 Å². The normalized spacial score (nSPS) is 11.1. The molecule has 1 aromatic rings. The molecule has 0 aliphatic rings. The number of alkyl halides is 1. The van der Waals surface area contributed by atoms with Crippen LogP contribution < -0.4 is 10.1 Å². The maximum Gasteiger partial charge on any atom is 0.251 e. The third kappa shape index (κ3) is 4.57. The Kier molecular flexibility index (Phi) is 5.48. The molecule has 0 unspecified atom stereocenters. The molecule has 0 aliphatic heterocycles. The quantitative estimate of drug-likeness (QED) is 0.806. The zero-order chi connectivity index (χ0) is 13.6. The number of nitrogens with one attached hydrogen (secondary N) is 1. The van der Waals surface area contributed by atoms with Gasteiger partial charge >= 0.3 is 0 Å². The fourth-order valence-electron chi connectivity index (χ4n) is 1.34. The van der Waals surface area contributed by atoms with Gasteiger partial charge in [-0.05, 0) is 36.6 Å². The van der Waals surface area contributed by atoms with Crippen molar-refractivity contribution in [2.45, 2.75) is 20.8 Å². The summed E-state index contributed by atoms with van der Waals surface area (Å²) in [6.07, 6.45) is 0. The molecule has 3 nitrogen and oxygen atoms in total. The van der Waals surface area contributed by atoms with Crippen LogP contribution in [0.3, 0.4) is 0 Å². The summed E-state index contributed by atoms with van der Waals surface area (Å²) in [6, 6.07) is 7.11. The van der Waals surface area contributed by atoms with E-state index in [4.69, 9.17) is 16.3 Å². The SMILES string of the molecule is CCOc1ccc(C(=O)NCC(C)(C)CCl)cc1. The molecule has 0 radical (unpaired) electrons. The minimum absolute atomic E-state index is 0.0868. The Bertz CT molecular complexity index is 387. The standard InChI is InChI=1S/C14H20ClNO2/c1-4-18-12-7-5-11(6-8-12)13(17)16-10-14(2,3)9-15/h5-8H,4,9-10H2,1-3H3,(H,16,17). The molecule has 1 rings (SSSR count). The molecule has 0 heterocycles. The Morgan fingerprint density at radius 2 is 1.94 bits per heavy atom. The van der Waals surface area contributed by atoms with Gasteiger partial charge in [0.15, 0.2) is 0 Å². The molecule has 0 aliphatic carbocycles. The second kappa shape index (κ2) is 6.64. The first-order valence-corrected chi connectivity index (χ1v) is 6.59. The van der Waals surface area contributed by atoms with E-state index in [1.54, 1.807) is 24.3 Å². The molecule has 0 atom stereocenters. The van der Waals surface area contributed by atoms with E-state index < -0.39 is 0 Å². The molecule has 0 spiro atoms. The van der Waals surface area contributed by atoms with Gasteiger partial charge in [-0.2, -0.15) is 0 Å². The molecule has 0 aromatic heterocycles. The van der Waals surface area contributed by atoms with Crippen LogP contribution in [-0.2, 0) is 0 Å². The van der Waals surface area contributed by atoms with Crippen LogP contribution in [0.2, 0.25) is 0 Å². The van der Waals surface area contributed by atoms with E-state index in [-0.39, 0.29) is 11.3 Å². The smallest absolute Gasteiger partial charge is 0.251 e. The van der Waals surface area contributed by atoms with Crippen LogP contribution in [0, 0.1) is 5.41 Å². The molecule has 0 saturated carbocycles. The lowest BCUT2D eigenvalue weighted by molar-refractivity contribution is 0.0940. The van der Waals surface area contributed by atoms with E-state index in [1.165, 1.54) is 0 Å². The zero-order valence-electron chi connectivity index (χ0n) is 11.1. The van der Waals surface area contributed by atoms with Gasteiger partial charge in [0.1, 0.15) is 5.75 Å². The Balaban J connectivity index is 2.56. The topological polar surface area (TPSA) is 38.3 Å². The molecule has 18 heavy (non-hydrogen) atoms. The second-order valence-corrected chi connectivity index (χ2v) is 5.21. The van der Waals surface area contributed by atoms with Crippen molar-refractivity contribution in [1.29, 1.82) is 0 Å². The van der Waals surface area contributed by atoms with Gasteiger partial charge in [0.2, 0.25) is 0 Å². The minimum Gasteiger partial charge on any atom is -0.494 e. The van der Waals surface area contributed by atoms with Gasteiger partial charge in [-0.1, -0.05) is 13.8 Å². The highest BCUT2D eigenvalue weighted by Crippen LogP contribution is 2.16. The summed E-state index contributed by atoms with van der Waals surface area (Å²) >= 11 is 5.81. The molecule has 1 N–H and O–H groups in total. The number of carbonyl (C=O) groups excluding carboxylic acids is 1. The van der Waals surface area contributed by atoms with Crippen LogP contribution >= 0.6 is 11.6 Å². The van der Waals surface area contributed by atoms with E-state index >= 15 is 0 Å². The summed E-state index contributed by atoms with van der Waals surface area (Å²) in [4.78, 5) is 11.9. The number of rotatable bonds is 6. The highest BCUT2D eigenvalue weighted by atomic mass is 35.5. The molecule has 0 saturated heterocycles. The molecule has 100 valence electrons. The van der Waals surface area contributed by atoms with Crippen molar-refractivity contribution >= 4 is 17.5 Å². The number of ether oxygens (including phenoxy) is 1. The fourth-order valence-corrected chi connectivity index (χ4v) is 1.43. The van der Waals surface area contributed by atoms with Crippen LogP contribution in [0.5, 0.6) is 5.75 Å². The Hall–Kier alpha value is -1.22. The number of hydrogen-bond acceptors (Lipinski definition) is 2. The number of benzene rings is 1. The monoisotopic (exact) mass is 269 g/mol. The first-order valence-electron chi connectivity index (χ1n) is 6.05. The lowest BCUT2D eigenvalue weighted by atomic mass is 9.96. The first-order chi connectivity index (χ1) is 8.48. The molecular weight excluding hydrogens is 250 g/mol. The van der Waals surface area contributed by atoms with Gasteiger partial charge < -0.3 is 10.1 Å². The maximum absolute atomic E-state index is 11.9. The predicted octanol–water partition coefficient (Wildman–Crippen LogP) is 3.08. The number of hydrogen-bond donors (Lipinski definition) is 1. The van der Waals surface area contributed by atoms with E-state index in [1.807, 2.05) is 20.8 Å². The van der Waals surface area contributed by atoms with E-state index in [9.17, 15) is 4.79 Å². The van der Waals surface area contributed by atoms with Gasteiger partial charge in [0.05, 0.1) is 6.61 Å². The zero-order valence-corrected chi connectivity index (χ0v) is 11.9. The van der Waals surface area contributed by atoms with Crippen molar-refractivity contribution in [2.24, 2.45) is 5.41 Å². The lowest BCUT2D eigenvalue weighted by Gasteiger charge is -2.21. The predicted molar refractivity (Wildman–Crippen MR) is 74.4 cm³/mol. The third-order valence-electron chi connectivity index (χ3n) is 2.52. The van der Waals surface area contributed by atoms with Gasteiger partial charge in [-0.15, -0.1) is 11.6 Å². The Labute approximate surface area is 113 Å². The highest BCUT2D eigenvalue weighted by Gasteiger charge is 2.17. The van der Waals surface area contributed by atoms with Gasteiger partial charge in [-0.3, -0.25) is 4.79 Å². The number of carbonyl (C=O) groups is 1. The van der Waals surface area contributed by atoms with Crippen LogP contribution in [0.1, 0.15) is 31.1 Å². The molecule has 1 aromatic carbocycles. The second-order valence-electron chi connectivity index (χ2n) is 4.94. The lowest BCUT2D eigenvalue weighted by Crippen LogP contribution is -2.34. The van der Waals surface area contributed by atoms with E-state index in [2.05, 4.69) is 5.32 Å². The Morgan fingerprint density at radius 3 is 2.44 bits per heavy atom. The van der Waals surface area contributed by atoms with Crippen molar-refractivity contribution in [2.75, 3.05) is 19.0 Å². The third-order valence-corrected chi connectivity index (χ3v) is 3.24. The van der Waals surface area contributed by atoms with E-state index in [0.717, 1.165) is 5.75 Å². The summed E-state index contributed by atoms with van der Waals surface area (Å²) < 4.78 is 5.32. The van der Waals surface area contributed by atoms with Crippen LogP contribution in [0.25, 0.3) is 0 Å². The van der Waals surface area contributed by atoms with Gasteiger partial charge in [-0.25, -0.2) is 0 Å². The summed E-state index contributed by atoms with van der Waals surface area (Å²) in [5, 5.41) is 2.88. The molecule has 1 amide bonds. The summed E-state index contributed by atoms with van der Waals surface area (Å²) in [6.45, 7) is 7.13. The highest BCUT2D eigenvalue weighted by molar-refractivity contribution is 6.18. The largest absolute Gasteiger partial charge is 0.494 e. The summed E-state index contributed by atoms with van der Waals surface area (Å²) in [7, 11) is 0. The van der Waals surface area contributed by atoms with Crippen LogP contribution in [0.4, 0.5) is 0 Å². The maximum atomic E-state index is 11.9. The summed E-state index contributed by atoms with van der Waals surface area (Å²) in [5.74, 6) is 1.20. The summed E-state index contributed by atoms with van der Waals surface area (Å²) in [5.41, 5.74) is 0.534. The van der Waals surface area contributed by atoms with E-state index in [0.29, 0.717) is 24.6 Å². The van der Waals surface area contributed by atoms with Gasteiger partial charge in [0, 0.05) is 18.0 Å². The Morgan fingerprint density at radius 1 is 1.33 bits per heavy atom. The van der Waals surface area contributed by atoms with Gasteiger partial charge in [0.25, 0.3) is 5.91 Å². The molecule has 4 heteroatoms. The van der Waals surface area contributed by atoms with Crippen molar-refractivity contribution in [3.63, 3.8) is 0 Å². The van der Waals surface area contributed by atoms with Crippen molar-refractivity contribution in [3.8, 4) is 5.75 Å². The average molecular weight is 270 g/mol. The van der Waals surface area contributed by atoms with Crippen molar-refractivity contribution < 1.29 is 9.53 Å². The number of halogens is 1. The first kappa shape index (κ1) is 14.8. The molecule has 0 bridgehead atoms. The fraction of sp³-hybridized carbons (Fsp3) is 0.500. The molecule has 0 fully saturated rings. The van der Waals surface area contributed by atoms with Crippen molar-refractivity contribution in [3.05, 3.63) is 29.8 Å². The molecular formula is C14H20ClNO2.